The molecule has 0 aromatic heterocycles. The predicted octanol–water partition coefficient (Wildman–Crippen LogP) is 2.53. The average Bonchev–Trinajstić information content (AvgIpc) is 3.19. The Morgan fingerprint density at radius 1 is 1.19 bits per heavy atom. The van der Waals surface area contributed by atoms with Crippen LogP contribution in [0.4, 0.5) is 5.69 Å². The number of amides is 2. The molecule has 0 bridgehead atoms. The average molecular weight is 380 g/mol. The number of carbonyl (C=O) groups is 2. The van der Waals surface area contributed by atoms with Crippen LogP contribution in [0.3, 0.4) is 0 Å². The number of hydrogen-bond acceptors (Lipinski definition) is 4. The van der Waals surface area contributed by atoms with Crippen LogP contribution in [-0.4, -0.2) is 56.1 Å². The van der Waals surface area contributed by atoms with Crippen molar-refractivity contribution in [2.75, 3.05) is 44.7 Å². The molecule has 7 heteroatoms. The Bertz CT molecular complexity index is 641. The number of halogens is 1. The van der Waals surface area contributed by atoms with E-state index in [4.69, 9.17) is 16.3 Å². The minimum atomic E-state index is -0.220. The van der Waals surface area contributed by atoms with Gasteiger partial charge in [0.15, 0.2) is 0 Å². The summed E-state index contributed by atoms with van der Waals surface area (Å²) in [4.78, 5) is 27.3. The Morgan fingerprint density at radius 2 is 1.92 bits per heavy atom. The van der Waals surface area contributed by atoms with Gasteiger partial charge in [-0.2, -0.15) is 0 Å². The molecule has 1 aliphatic heterocycles. The van der Waals surface area contributed by atoms with Gasteiger partial charge in [0.1, 0.15) is 0 Å². The summed E-state index contributed by atoms with van der Waals surface area (Å²) in [5.74, 6) is -0.183. The normalized spacial score (nSPS) is 18.7. The Kier molecular flexibility index (Phi) is 6.88. The second-order valence-electron chi connectivity index (χ2n) is 6.87. The molecule has 2 N–H and O–H groups in total. The van der Waals surface area contributed by atoms with Crippen LogP contribution >= 0.6 is 11.6 Å². The van der Waals surface area contributed by atoms with Crippen LogP contribution < -0.4 is 10.6 Å². The summed E-state index contributed by atoms with van der Waals surface area (Å²) in [6, 6.07) is 5.00. The molecule has 1 aromatic rings. The van der Waals surface area contributed by atoms with Crippen LogP contribution in [0.2, 0.25) is 5.02 Å². The van der Waals surface area contributed by atoms with Crippen molar-refractivity contribution in [3.63, 3.8) is 0 Å². The summed E-state index contributed by atoms with van der Waals surface area (Å²) in [6.07, 6.45) is 4.02. The number of rotatable bonds is 6. The summed E-state index contributed by atoms with van der Waals surface area (Å²) in [5, 5.41) is 6.31. The van der Waals surface area contributed by atoms with Crippen molar-refractivity contribution in [3.8, 4) is 0 Å². The first kappa shape index (κ1) is 19.1. The fourth-order valence-corrected chi connectivity index (χ4v) is 3.66. The van der Waals surface area contributed by atoms with Gasteiger partial charge in [-0.05, 0) is 31.0 Å². The summed E-state index contributed by atoms with van der Waals surface area (Å²) >= 11 is 6.07. The first-order valence-corrected chi connectivity index (χ1v) is 9.70. The molecule has 1 aromatic carbocycles. The Morgan fingerprint density at radius 3 is 2.65 bits per heavy atom. The topological polar surface area (TPSA) is 70.7 Å². The van der Waals surface area contributed by atoms with E-state index in [-0.39, 0.29) is 17.7 Å². The lowest BCUT2D eigenvalue weighted by Crippen LogP contribution is -2.41. The number of anilines is 1. The van der Waals surface area contributed by atoms with E-state index < -0.39 is 0 Å². The maximum absolute atomic E-state index is 12.6. The minimum Gasteiger partial charge on any atom is -0.379 e. The lowest BCUT2D eigenvalue weighted by atomic mass is 10.1. The lowest BCUT2D eigenvalue weighted by Gasteiger charge is -2.26. The zero-order chi connectivity index (χ0) is 18.4. The lowest BCUT2D eigenvalue weighted by molar-refractivity contribution is -0.119. The number of ether oxygens (including phenoxy) is 1. The van der Waals surface area contributed by atoms with Gasteiger partial charge >= 0.3 is 0 Å². The van der Waals surface area contributed by atoms with Crippen molar-refractivity contribution in [1.29, 1.82) is 0 Å². The standard InChI is InChI=1S/C19H26ClN3O3/c20-15-5-6-17(22-18(24)14-3-1-2-4-14)16(13-15)19(25)21-7-8-23-9-11-26-12-10-23/h5-6,13-14H,1-4,7-12H2,(H,21,25)(H,22,24). The molecule has 1 heterocycles. The Labute approximate surface area is 159 Å². The number of hydrogen-bond donors (Lipinski definition) is 2. The first-order chi connectivity index (χ1) is 12.6. The van der Waals surface area contributed by atoms with E-state index in [1.165, 1.54) is 0 Å². The highest BCUT2D eigenvalue weighted by Crippen LogP contribution is 2.27. The van der Waals surface area contributed by atoms with Gasteiger partial charge in [0.25, 0.3) is 5.91 Å². The van der Waals surface area contributed by atoms with E-state index in [0.717, 1.165) is 58.5 Å². The maximum Gasteiger partial charge on any atom is 0.253 e. The summed E-state index contributed by atoms with van der Waals surface area (Å²) in [5.41, 5.74) is 0.931. The monoisotopic (exact) mass is 379 g/mol. The molecule has 2 amide bonds. The van der Waals surface area contributed by atoms with Crippen LogP contribution in [-0.2, 0) is 9.53 Å². The van der Waals surface area contributed by atoms with Crippen molar-refractivity contribution < 1.29 is 14.3 Å². The van der Waals surface area contributed by atoms with Gasteiger partial charge in [0.2, 0.25) is 5.91 Å². The fraction of sp³-hybridized carbons (Fsp3) is 0.579. The molecule has 0 atom stereocenters. The molecular formula is C19H26ClN3O3. The number of nitrogens with zero attached hydrogens (tertiary/aromatic N) is 1. The van der Waals surface area contributed by atoms with E-state index >= 15 is 0 Å². The van der Waals surface area contributed by atoms with E-state index in [1.807, 2.05) is 0 Å². The van der Waals surface area contributed by atoms with E-state index in [9.17, 15) is 9.59 Å². The van der Waals surface area contributed by atoms with Crippen molar-refractivity contribution in [2.45, 2.75) is 25.7 Å². The van der Waals surface area contributed by atoms with E-state index in [1.54, 1.807) is 18.2 Å². The predicted molar refractivity (Wildman–Crippen MR) is 102 cm³/mol. The van der Waals surface area contributed by atoms with Crippen LogP contribution in [0.25, 0.3) is 0 Å². The van der Waals surface area contributed by atoms with Gasteiger partial charge in [0.05, 0.1) is 24.5 Å². The third-order valence-electron chi connectivity index (χ3n) is 5.03. The molecule has 0 unspecified atom stereocenters. The third-order valence-corrected chi connectivity index (χ3v) is 5.26. The molecule has 26 heavy (non-hydrogen) atoms. The number of nitrogens with one attached hydrogen (secondary N) is 2. The molecule has 2 aliphatic rings. The molecule has 0 spiro atoms. The van der Waals surface area contributed by atoms with Gasteiger partial charge < -0.3 is 15.4 Å². The van der Waals surface area contributed by atoms with Crippen molar-refractivity contribution in [1.82, 2.24) is 10.2 Å². The van der Waals surface area contributed by atoms with Crippen molar-refractivity contribution in [2.24, 2.45) is 5.92 Å². The molecule has 3 rings (SSSR count). The zero-order valence-electron chi connectivity index (χ0n) is 14.9. The maximum atomic E-state index is 12.6. The molecule has 2 fully saturated rings. The van der Waals surface area contributed by atoms with Gasteiger partial charge in [-0.25, -0.2) is 0 Å². The largest absolute Gasteiger partial charge is 0.379 e. The molecule has 1 saturated heterocycles. The van der Waals surface area contributed by atoms with Gasteiger partial charge in [0, 0.05) is 37.1 Å². The molecule has 0 radical (unpaired) electrons. The highest BCUT2D eigenvalue weighted by atomic mass is 35.5. The van der Waals surface area contributed by atoms with Crippen LogP contribution in [0.15, 0.2) is 18.2 Å². The zero-order valence-corrected chi connectivity index (χ0v) is 15.7. The summed E-state index contributed by atoms with van der Waals surface area (Å²) < 4.78 is 5.32. The summed E-state index contributed by atoms with van der Waals surface area (Å²) in [7, 11) is 0. The van der Waals surface area contributed by atoms with Gasteiger partial charge in [-0.15, -0.1) is 0 Å². The second kappa shape index (κ2) is 9.35. The smallest absolute Gasteiger partial charge is 0.253 e. The van der Waals surface area contributed by atoms with Crippen LogP contribution in [0.5, 0.6) is 0 Å². The highest BCUT2D eigenvalue weighted by Gasteiger charge is 2.24. The number of benzene rings is 1. The number of morpholine rings is 1. The van der Waals surface area contributed by atoms with Gasteiger partial charge in [-0.1, -0.05) is 24.4 Å². The third kappa shape index (κ3) is 5.19. The Balaban J connectivity index is 1.58. The van der Waals surface area contributed by atoms with Crippen molar-refractivity contribution >= 4 is 29.1 Å². The molecular weight excluding hydrogens is 354 g/mol. The molecule has 1 aliphatic carbocycles. The Hall–Kier alpha value is -1.63. The van der Waals surface area contributed by atoms with Crippen molar-refractivity contribution in [3.05, 3.63) is 28.8 Å². The minimum absolute atomic E-state index is 0.00723. The second-order valence-corrected chi connectivity index (χ2v) is 7.31. The van der Waals surface area contributed by atoms with Gasteiger partial charge in [-0.3, -0.25) is 14.5 Å². The fourth-order valence-electron chi connectivity index (χ4n) is 3.48. The SMILES string of the molecule is O=C(NCCN1CCOCC1)c1cc(Cl)ccc1NC(=O)C1CCCC1. The molecule has 1 saturated carbocycles. The summed E-state index contributed by atoms with van der Waals surface area (Å²) in [6.45, 7) is 4.56. The van der Waals surface area contributed by atoms with E-state index in [0.29, 0.717) is 22.8 Å². The quantitative estimate of drug-likeness (QED) is 0.796. The number of carbonyl (C=O) groups excluding carboxylic acids is 2. The van der Waals surface area contributed by atoms with Crippen LogP contribution in [0, 0.1) is 5.92 Å². The van der Waals surface area contributed by atoms with Crippen LogP contribution in [0.1, 0.15) is 36.0 Å². The first-order valence-electron chi connectivity index (χ1n) is 9.32. The molecule has 6 nitrogen and oxygen atoms in total. The van der Waals surface area contributed by atoms with E-state index in [2.05, 4.69) is 15.5 Å². The highest BCUT2D eigenvalue weighted by molar-refractivity contribution is 6.31. The molecule has 142 valence electrons.